The fraction of sp³-hybridized carbons (Fsp3) is 0.333. The Balaban J connectivity index is 1.49. The number of benzene rings is 3. The summed E-state index contributed by atoms with van der Waals surface area (Å²) in [5, 5.41) is 0. The molecule has 0 spiro atoms. The van der Waals surface area contributed by atoms with Gasteiger partial charge in [0.25, 0.3) is 0 Å². The molecule has 0 unspecified atom stereocenters. The molecule has 0 N–H and O–H groups in total. The summed E-state index contributed by atoms with van der Waals surface area (Å²) in [4.78, 5) is 2.63. The summed E-state index contributed by atoms with van der Waals surface area (Å²) in [6.07, 6.45) is 2.50. The van der Waals surface area contributed by atoms with Crippen molar-refractivity contribution >= 4 is 0 Å². The quantitative estimate of drug-likeness (QED) is 0.530. The summed E-state index contributed by atoms with van der Waals surface area (Å²) in [6, 6.07) is 28.7. The summed E-state index contributed by atoms with van der Waals surface area (Å²) in [6.45, 7) is 2.72. The minimum atomic E-state index is -0.201. The number of ether oxygens (including phenoxy) is 1. The van der Waals surface area contributed by atoms with Crippen molar-refractivity contribution in [3.05, 3.63) is 107 Å². The van der Waals surface area contributed by atoms with E-state index in [1.54, 1.807) is 12.1 Å². The molecule has 2 atom stereocenters. The Hall–Kier alpha value is -2.49. The first kappa shape index (κ1) is 19.5. The van der Waals surface area contributed by atoms with Crippen LogP contribution in [0.1, 0.15) is 35.4 Å². The first-order valence-corrected chi connectivity index (χ1v) is 11.0. The normalized spacial score (nSPS) is 25.5. The molecule has 3 aliphatic heterocycles. The highest BCUT2D eigenvalue weighted by molar-refractivity contribution is 5.35. The third-order valence-electron chi connectivity index (χ3n) is 6.79. The summed E-state index contributed by atoms with van der Waals surface area (Å²) >= 11 is 0. The predicted octanol–water partition coefficient (Wildman–Crippen LogP) is 5.64. The Morgan fingerprint density at radius 2 is 1.47 bits per heavy atom. The third-order valence-corrected chi connectivity index (χ3v) is 6.79. The fourth-order valence-electron chi connectivity index (χ4n) is 5.39. The average molecular weight is 402 g/mol. The van der Waals surface area contributed by atoms with Gasteiger partial charge in [-0.15, -0.1) is 0 Å². The van der Waals surface area contributed by atoms with E-state index in [0.29, 0.717) is 12.5 Å². The van der Waals surface area contributed by atoms with Crippen LogP contribution >= 0.6 is 0 Å². The van der Waals surface area contributed by atoms with E-state index in [-0.39, 0.29) is 23.9 Å². The second-order valence-electron chi connectivity index (χ2n) is 8.57. The van der Waals surface area contributed by atoms with Crippen LogP contribution in [0.25, 0.3) is 0 Å². The van der Waals surface area contributed by atoms with Crippen molar-refractivity contribution in [1.82, 2.24) is 4.90 Å². The van der Waals surface area contributed by atoms with Crippen LogP contribution in [-0.2, 0) is 11.3 Å². The summed E-state index contributed by atoms with van der Waals surface area (Å²) < 4.78 is 20.3. The highest BCUT2D eigenvalue weighted by Gasteiger charge is 2.47. The topological polar surface area (TPSA) is 12.5 Å². The van der Waals surface area contributed by atoms with Gasteiger partial charge in [-0.2, -0.15) is 0 Å². The molecule has 3 heteroatoms. The van der Waals surface area contributed by atoms with Gasteiger partial charge in [0.1, 0.15) is 5.82 Å². The molecule has 3 aliphatic rings. The molecule has 2 bridgehead atoms. The van der Waals surface area contributed by atoms with E-state index in [2.05, 4.69) is 65.6 Å². The highest BCUT2D eigenvalue weighted by atomic mass is 19.1. The minimum Gasteiger partial charge on any atom is -0.372 e. The molecule has 0 amide bonds. The minimum absolute atomic E-state index is 0.140. The molecule has 3 heterocycles. The van der Waals surface area contributed by atoms with Crippen LogP contribution in [0.15, 0.2) is 84.9 Å². The summed E-state index contributed by atoms with van der Waals surface area (Å²) in [7, 11) is 0. The van der Waals surface area contributed by atoms with Crippen LogP contribution < -0.4 is 0 Å². The molecule has 6 rings (SSSR count). The van der Waals surface area contributed by atoms with E-state index < -0.39 is 0 Å². The van der Waals surface area contributed by atoms with Crippen LogP contribution in [0, 0.1) is 11.7 Å². The van der Waals surface area contributed by atoms with Crippen molar-refractivity contribution < 1.29 is 9.13 Å². The monoisotopic (exact) mass is 401 g/mol. The lowest BCUT2D eigenvalue weighted by Crippen LogP contribution is -2.60. The Morgan fingerprint density at radius 1 is 0.833 bits per heavy atom. The van der Waals surface area contributed by atoms with Crippen LogP contribution in [0.5, 0.6) is 0 Å². The van der Waals surface area contributed by atoms with Crippen molar-refractivity contribution in [2.45, 2.75) is 37.5 Å². The van der Waals surface area contributed by atoms with E-state index in [0.717, 1.165) is 18.7 Å². The average Bonchev–Trinajstić information content (AvgIpc) is 2.81. The number of fused-ring (bicyclic) bond motifs is 3. The van der Waals surface area contributed by atoms with Crippen LogP contribution in [0.4, 0.5) is 4.39 Å². The molecule has 3 aromatic rings. The third kappa shape index (κ3) is 3.92. The van der Waals surface area contributed by atoms with Gasteiger partial charge in [0.2, 0.25) is 0 Å². The summed E-state index contributed by atoms with van der Waals surface area (Å²) in [5.74, 6) is 0.615. The largest absolute Gasteiger partial charge is 0.372 e. The zero-order valence-electron chi connectivity index (χ0n) is 17.2. The van der Waals surface area contributed by atoms with E-state index in [1.807, 2.05) is 6.07 Å². The fourth-order valence-corrected chi connectivity index (χ4v) is 5.39. The van der Waals surface area contributed by atoms with Crippen LogP contribution in [-0.4, -0.2) is 30.1 Å². The van der Waals surface area contributed by atoms with Gasteiger partial charge in [0.05, 0.1) is 12.7 Å². The van der Waals surface area contributed by atoms with Crippen molar-refractivity contribution in [1.29, 1.82) is 0 Å². The Bertz CT molecular complexity index is 913. The lowest BCUT2D eigenvalue weighted by Gasteiger charge is -2.53. The second-order valence-corrected chi connectivity index (χ2v) is 8.57. The SMILES string of the molecule is Fc1cccc(CO[C@@H]2C3CCN(CC3)[C@@H]2C(c2ccccc2)c2ccccc2)c1. The predicted molar refractivity (Wildman–Crippen MR) is 118 cm³/mol. The van der Waals surface area contributed by atoms with Gasteiger partial charge < -0.3 is 4.74 Å². The lowest BCUT2D eigenvalue weighted by atomic mass is 9.72. The van der Waals surface area contributed by atoms with Gasteiger partial charge in [-0.1, -0.05) is 72.8 Å². The van der Waals surface area contributed by atoms with Gasteiger partial charge in [-0.25, -0.2) is 4.39 Å². The van der Waals surface area contributed by atoms with Crippen molar-refractivity contribution in [2.24, 2.45) is 5.92 Å². The van der Waals surface area contributed by atoms with Gasteiger partial charge in [-0.3, -0.25) is 4.90 Å². The molecule has 0 saturated carbocycles. The maximum atomic E-state index is 13.7. The maximum absolute atomic E-state index is 13.7. The molecule has 154 valence electrons. The molecule has 3 saturated heterocycles. The van der Waals surface area contributed by atoms with Crippen molar-refractivity contribution in [3.8, 4) is 0 Å². The number of piperidine rings is 3. The number of halogens is 1. The molecule has 3 fully saturated rings. The molecule has 0 radical (unpaired) electrons. The van der Waals surface area contributed by atoms with Crippen molar-refractivity contribution in [2.75, 3.05) is 13.1 Å². The van der Waals surface area contributed by atoms with Crippen LogP contribution in [0.3, 0.4) is 0 Å². The summed E-state index contributed by atoms with van der Waals surface area (Å²) in [5.41, 5.74) is 3.57. The smallest absolute Gasteiger partial charge is 0.123 e. The first-order chi connectivity index (χ1) is 14.8. The Labute approximate surface area is 178 Å². The zero-order chi connectivity index (χ0) is 20.3. The molecule has 0 aromatic heterocycles. The number of nitrogens with zero attached hydrogens (tertiary/aromatic N) is 1. The molecule has 0 aliphatic carbocycles. The van der Waals surface area contributed by atoms with E-state index in [9.17, 15) is 4.39 Å². The maximum Gasteiger partial charge on any atom is 0.123 e. The standard InChI is InChI=1S/C27H28FNO/c28-24-13-7-8-20(18-24)19-30-27-23-14-16-29(17-15-23)26(27)25(21-9-3-1-4-10-21)22-11-5-2-6-12-22/h1-13,18,23,25-27H,14-17,19H2/t26-,27-/m1/s1. The van der Waals surface area contributed by atoms with Gasteiger partial charge >= 0.3 is 0 Å². The number of hydrogen-bond acceptors (Lipinski definition) is 2. The van der Waals surface area contributed by atoms with Gasteiger partial charge in [0.15, 0.2) is 0 Å². The van der Waals surface area contributed by atoms with Crippen LogP contribution in [0.2, 0.25) is 0 Å². The van der Waals surface area contributed by atoms with Crippen molar-refractivity contribution in [3.63, 3.8) is 0 Å². The Morgan fingerprint density at radius 3 is 2.07 bits per heavy atom. The molecule has 3 aromatic carbocycles. The Kier molecular flexibility index (Phi) is 5.65. The molecular formula is C27H28FNO. The number of hydrogen-bond donors (Lipinski definition) is 0. The van der Waals surface area contributed by atoms with E-state index in [4.69, 9.17) is 4.74 Å². The molecule has 30 heavy (non-hydrogen) atoms. The molecule has 2 nitrogen and oxygen atoms in total. The van der Waals surface area contributed by atoms with E-state index in [1.165, 1.54) is 30.0 Å². The lowest BCUT2D eigenvalue weighted by molar-refractivity contribution is -0.120. The van der Waals surface area contributed by atoms with Gasteiger partial charge in [-0.05, 0) is 60.7 Å². The molecular weight excluding hydrogens is 373 g/mol. The highest BCUT2D eigenvalue weighted by Crippen LogP contribution is 2.43. The van der Waals surface area contributed by atoms with E-state index >= 15 is 0 Å². The first-order valence-electron chi connectivity index (χ1n) is 11.0. The number of rotatable bonds is 6. The van der Waals surface area contributed by atoms with Gasteiger partial charge in [0, 0.05) is 12.0 Å². The second kappa shape index (κ2) is 8.71. The zero-order valence-corrected chi connectivity index (χ0v) is 17.2.